The number of imidazole rings is 1. The first kappa shape index (κ1) is 22.8. The smallest absolute Gasteiger partial charge is 0.270 e. The average molecular weight is 488 g/mol. The molecule has 2 fully saturated rings. The lowest BCUT2D eigenvalue weighted by molar-refractivity contribution is 0.0913. The molecule has 2 unspecified atom stereocenters. The molecule has 1 aliphatic heterocycles. The van der Waals surface area contributed by atoms with Crippen molar-refractivity contribution in [3.8, 4) is 11.4 Å². The lowest BCUT2D eigenvalue weighted by Gasteiger charge is -2.37. The van der Waals surface area contributed by atoms with Crippen LogP contribution in [0.2, 0.25) is 0 Å². The number of benzene rings is 1. The largest absolute Gasteiger partial charge is 0.368 e. The molecule has 6 rings (SSSR count). The summed E-state index contributed by atoms with van der Waals surface area (Å²) in [5, 5.41) is 7.38. The summed E-state index contributed by atoms with van der Waals surface area (Å²) in [5.41, 5.74) is 3.48. The maximum atomic E-state index is 14.8. The van der Waals surface area contributed by atoms with Crippen LogP contribution in [0.5, 0.6) is 0 Å². The highest BCUT2D eigenvalue weighted by Crippen LogP contribution is 2.29. The van der Waals surface area contributed by atoms with Crippen molar-refractivity contribution >= 4 is 28.1 Å². The van der Waals surface area contributed by atoms with E-state index in [9.17, 15) is 9.18 Å². The van der Waals surface area contributed by atoms with Crippen molar-refractivity contribution in [1.82, 2.24) is 30.0 Å². The maximum absolute atomic E-state index is 14.8. The van der Waals surface area contributed by atoms with Crippen molar-refractivity contribution < 1.29 is 9.18 Å². The Bertz CT molecular complexity index is 1470. The molecule has 1 aliphatic carbocycles. The van der Waals surface area contributed by atoms with Crippen LogP contribution >= 0.6 is 0 Å². The summed E-state index contributed by atoms with van der Waals surface area (Å²) in [5.74, 6) is -0.361. The van der Waals surface area contributed by atoms with Gasteiger partial charge >= 0.3 is 0 Å². The molecule has 1 amide bonds. The normalized spacial score (nSPS) is 20.6. The molecule has 8 nitrogen and oxygen atoms in total. The number of fused-ring (bicyclic) bond motifs is 2. The van der Waals surface area contributed by atoms with E-state index in [0.717, 1.165) is 43.7 Å². The molecule has 4 aromatic rings. The monoisotopic (exact) mass is 487 g/mol. The van der Waals surface area contributed by atoms with E-state index in [1.807, 2.05) is 25.1 Å². The summed E-state index contributed by atoms with van der Waals surface area (Å²) in [6, 6.07) is 8.27. The standard InChI is InChI=1S/C27H30FN7O/c1-15-11-34(12-16(2)29-15)20-7-8-23-21(10-20)24(27(36)31-19-5-4-6-19)33-25(32-23)18-9-22(28)26-30-17(3)13-35(26)14-18/h7-10,13-16,19,29H,4-6,11-12H2,1-3H3,(H,31,36). The quantitative estimate of drug-likeness (QED) is 0.455. The Kier molecular flexibility index (Phi) is 5.59. The summed E-state index contributed by atoms with van der Waals surface area (Å²) in [6.45, 7) is 7.92. The predicted octanol–water partition coefficient (Wildman–Crippen LogP) is 3.86. The van der Waals surface area contributed by atoms with Gasteiger partial charge in [0, 0.05) is 60.2 Å². The van der Waals surface area contributed by atoms with Gasteiger partial charge in [-0.15, -0.1) is 0 Å². The number of anilines is 1. The molecule has 2 aliphatic rings. The lowest BCUT2D eigenvalue weighted by Crippen LogP contribution is -2.54. The second-order valence-corrected chi connectivity index (χ2v) is 10.3. The van der Waals surface area contributed by atoms with Gasteiger partial charge < -0.3 is 19.9 Å². The summed E-state index contributed by atoms with van der Waals surface area (Å²) in [6.07, 6.45) is 6.59. The van der Waals surface area contributed by atoms with Crippen LogP contribution in [-0.4, -0.2) is 56.5 Å². The Hall–Kier alpha value is -3.59. The number of aromatic nitrogens is 4. The Labute approximate surface area is 209 Å². The Morgan fingerprint density at radius 3 is 2.58 bits per heavy atom. The second kappa shape index (κ2) is 8.81. The summed E-state index contributed by atoms with van der Waals surface area (Å²) >= 11 is 0. The lowest BCUT2D eigenvalue weighted by atomic mass is 9.93. The van der Waals surface area contributed by atoms with Crippen LogP contribution in [0, 0.1) is 12.7 Å². The number of halogens is 1. The third-order valence-electron chi connectivity index (χ3n) is 7.14. The molecular formula is C27H30FN7O. The van der Waals surface area contributed by atoms with E-state index >= 15 is 0 Å². The van der Waals surface area contributed by atoms with Gasteiger partial charge in [0.2, 0.25) is 0 Å². The third-order valence-corrected chi connectivity index (χ3v) is 7.14. The van der Waals surface area contributed by atoms with Crippen LogP contribution < -0.4 is 15.5 Å². The van der Waals surface area contributed by atoms with E-state index in [-0.39, 0.29) is 17.6 Å². The number of carbonyl (C=O) groups is 1. The fourth-order valence-electron chi connectivity index (χ4n) is 5.26. The SMILES string of the molecule is Cc1cn2cc(-c3nc(C(=O)NC4CCC4)c4cc(N5CC(C)NC(C)C5)ccc4n3)cc(F)c2n1. The number of piperazine rings is 1. The zero-order valence-electron chi connectivity index (χ0n) is 20.8. The summed E-state index contributed by atoms with van der Waals surface area (Å²) < 4.78 is 16.5. The first-order valence-electron chi connectivity index (χ1n) is 12.6. The van der Waals surface area contributed by atoms with Gasteiger partial charge in [0.25, 0.3) is 5.91 Å². The van der Waals surface area contributed by atoms with E-state index < -0.39 is 5.82 Å². The minimum atomic E-state index is -0.456. The minimum absolute atomic E-state index is 0.173. The van der Waals surface area contributed by atoms with Crippen molar-refractivity contribution in [2.45, 2.75) is 58.2 Å². The van der Waals surface area contributed by atoms with Crippen LogP contribution in [0.1, 0.15) is 49.3 Å². The minimum Gasteiger partial charge on any atom is -0.368 e. The van der Waals surface area contributed by atoms with Gasteiger partial charge in [-0.1, -0.05) is 0 Å². The number of hydrogen-bond donors (Lipinski definition) is 2. The van der Waals surface area contributed by atoms with Gasteiger partial charge in [-0.25, -0.2) is 19.3 Å². The molecule has 0 bridgehead atoms. The van der Waals surface area contributed by atoms with Crippen LogP contribution in [-0.2, 0) is 0 Å². The molecular weight excluding hydrogens is 457 g/mol. The second-order valence-electron chi connectivity index (χ2n) is 10.3. The molecule has 3 aromatic heterocycles. The molecule has 2 atom stereocenters. The summed E-state index contributed by atoms with van der Waals surface area (Å²) in [4.78, 5) is 29.4. The maximum Gasteiger partial charge on any atom is 0.270 e. The van der Waals surface area contributed by atoms with Crippen LogP contribution in [0.25, 0.3) is 27.9 Å². The van der Waals surface area contributed by atoms with E-state index in [0.29, 0.717) is 40.1 Å². The number of carbonyl (C=O) groups excluding carboxylic acids is 1. The van der Waals surface area contributed by atoms with Gasteiger partial charge in [-0.3, -0.25) is 4.79 Å². The highest BCUT2D eigenvalue weighted by molar-refractivity contribution is 6.05. The van der Waals surface area contributed by atoms with Crippen molar-refractivity contribution in [2.24, 2.45) is 0 Å². The third kappa shape index (κ3) is 4.17. The van der Waals surface area contributed by atoms with Gasteiger partial charge in [0.1, 0.15) is 5.69 Å². The van der Waals surface area contributed by atoms with Crippen molar-refractivity contribution in [3.05, 3.63) is 53.9 Å². The van der Waals surface area contributed by atoms with E-state index in [4.69, 9.17) is 9.97 Å². The molecule has 0 spiro atoms. The van der Waals surface area contributed by atoms with Crippen molar-refractivity contribution in [3.63, 3.8) is 0 Å². The van der Waals surface area contributed by atoms with Gasteiger partial charge in [0.15, 0.2) is 17.3 Å². The van der Waals surface area contributed by atoms with Gasteiger partial charge in [0.05, 0.1) is 11.2 Å². The van der Waals surface area contributed by atoms with Crippen molar-refractivity contribution in [2.75, 3.05) is 18.0 Å². The van der Waals surface area contributed by atoms with Crippen LogP contribution in [0.4, 0.5) is 10.1 Å². The molecule has 1 saturated heterocycles. The number of pyridine rings is 1. The van der Waals surface area contributed by atoms with Crippen LogP contribution in [0.15, 0.2) is 36.7 Å². The number of rotatable bonds is 4. The zero-order valence-corrected chi connectivity index (χ0v) is 20.8. The highest BCUT2D eigenvalue weighted by Gasteiger charge is 2.25. The highest BCUT2D eigenvalue weighted by atomic mass is 19.1. The van der Waals surface area contributed by atoms with Crippen molar-refractivity contribution in [1.29, 1.82) is 0 Å². The molecule has 9 heteroatoms. The van der Waals surface area contributed by atoms with Gasteiger partial charge in [-0.05, 0) is 64.3 Å². The molecule has 1 saturated carbocycles. The first-order valence-corrected chi connectivity index (χ1v) is 12.6. The van der Waals surface area contributed by atoms with Crippen LogP contribution in [0.3, 0.4) is 0 Å². The average Bonchev–Trinajstić information content (AvgIpc) is 3.20. The first-order chi connectivity index (χ1) is 17.3. The summed E-state index contributed by atoms with van der Waals surface area (Å²) in [7, 11) is 0. The molecule has 36 heavy (non-hydrogen) atoms. The number of nitrogens with one attached hydrogen (secondary N) is 2. The Morgan fingerprint density at radius 1 is 1.08 bits per heavy atom. The number of nitrogens with zero attached hydrogens (tertiary/aromatic N) is 5. The molecule has 4 heterocycles. The number of aryl methyl sites for hydroxylation is 1. The topological polar surface area (TPSA) is 87.5 Å². The zero-order chi connectivity index (χ0) is 25.0. The van der Waals surface area contributed by atoms with E-state index in [1.165, 1.54) is 6.07 Å². The Morgan fingerprint density at radius 2 is 1.86 bits per heavy atom. The number of hydrogen-bond acceptors (Lipinski definition) is 6. The van der Waals surface area contributed by atoms with E-state index in [2.05, 4.69) is 34.4 Å². The van der Waals surface area contributed by atoms with E-state index in [1.54, 1.807) is 16.8 Å². The molecule has 0 radical (unpaired) electrons. The fraction of sp³-hybridized carbons (Fsp3) is 0.407. The number of amides is 1. The fourth-order valence-corrected chi connectivity index (χ4v) is 5.26. The molecule has 186 valence electrons. The van der Waals surface area contributed by atoms with Gasteiger partial charge in [-0.2, -0.15) is 0 Å². The molecule has 2 N–H and O–H groups in total. The predicted molar refractivity (Wildman–Crippen MR) is 138 cm³/mol. The Balaban J connectivity index is 1.47. The molecule has 1 aromatic carbocycles.